The van der Waals surface area contributed by atoms with Crippen molar-refractivity contribution in [3.05, 3.63) is 83.9 Å². The molecule has 2 heterocycles. The molecule has 1 fully saturated rings. The van der Waals surface area contributed by atoms with Crippen molar-refractivity contribution in [2.24, 2.45) is 10.3 Å². The Labute approximate surface area is 196 Å². The van der Waals surface area contributed by atoms with Gasteiger partial charge in [0.1, 0.15) is 4.90 Å². The summed E-state index contributed by atoms with van der Waals surface area (Å²) in [5.41, 5.74) is 2.66. The number of benzene rings is 3. The number of rotatable bonds is 4. The lowest BCUT2D eigenvalue weighted by molar-refractivity contribution is -0.139. The van der Waals surface area contributed by atoms with Gasteiger partial charge in [-0.15, -0.1) is 4.40 Å². The third-order valence-corrected chi connectivity index (χ3v) is 7.12. The molecular weight excluding hydrogens is 454 g/mol. The highest BCUT2D eigenvalue weighted by atomic mass is 32.2. The Morgan fingerprint density at radius 3 is 2.53 bits per heavy atom. The van der Waals surface area contributed by atoms with Crippen molar-refractivity contribution >= 4 is 39.1 Å². The van der Waals surface area contributed by atoms with E-state index in [1.54, 1.807) is 47.4 Å². The second-order valence-electron chi connectivity index (χ2n) is 8.19. The normalized spacial score (nSPS) is 18.4. The fourth-order valence-corrected chi connectivity index (χ4v) is 5.19. The molecule has 3 aromatic rings. The van der Waals surface area contributed by atoms with E-state index in [1.165, 1.54) is 6.07 Å². The summed E-state index contributed by atoms with van der Waals surface area (Å²) in [4.78, 5) is 27.2. The van der Waals surface area contributed by atoms with Crippen molar-refractivity contribution in [1.82, 2.24) is 0 Å². The number of amidine groups is 1. The van der Waals surface area contributed by atoms with Gasteiger partial charge in [-0.05, 0) is 43.3 Å². The van der Waals surface area contributed by atoms with Gasteiger partial charge in [0, 0.05) is 24.2 Å². The number of nitrogens with one attached hydrogen (secondary N) is 1. The Balaban J connectivity index is 1.33. The molecule has 1 amide bonds. The molecule has 0 radical (unpaired) electrons. The van der Waals surface area contributed by atoms with Crippen molar-refractivity contribution in [2.45, 2.75) is 18.2 Å². The fourth-order valence-electron chi connectivity index (χ4n) is 4.01. The van der Waals surface area contributed by atoms with Gasteiger partial charge in [0.25, 0.3) is 10.0 Å². The summed E-state index contributed by atoms with van der Waals surface area (Å²) in [5, 5.41) is 2.98. The molecule has 0 aliphatic carbocycles. The highest BCUT2D eigenvalue weighted by Crippen LogP contribution is 2.32. The maximum atomic E-state index is 12.9. The molecule has 2 aliphatic rings. The van der Waals surface area contributed by atoms with Gasteiger partial charge in [0.05, 0.1) is 11.6 Å². The third kappa shape index (κ3) is 4.06. The monoisotopic (exact) mass is 475 g/mol. The van der Waals surface area contributed by atoms with Crippen molar-refractivity contribution in [3.8, 4) is 5.75 Å². The lowest BCUT2D eigenvalue weighted by atomic mass is 10.1. The van der Waals surface area contributed by atoms with Gasteiger partial charge in [0.2, 0.25) is 5.91 Å². The Kier molecular flexibility index (Phi) is 5.41. The number of hydrogen-bond donors (Lipinski definition) is 1. The predicted octanol–water partition coefficient (Wildman–Crippen LogP) is 3.51. The summed E-state index contributed by atoms with van der Waals surface area (Å²) >= 11 is 0. The van der Waals surface area contributed by atoms with E-state index in [0.29, 0.717) is 11.3 Å². The lowest BCUT2D eigenvalue weighted by Gasteiger charge is -2.17. The van der Waals surface area contributed by atoms with E-state index < -0.39 is 21.9 Å². The minimum atomic E-state index is -3.79. The topological polar surface area (TPSA) is 105 Å². The van der Waals surface area contributed by atoms with E-state index in [-0.39, 0.29) is 35.4 Å². The van der Waals surface area contributed by atoms with E-state index >= 15 is 0 Å². The van der Waals surface area contributed by atoms with Gasteiger partial charge in [-0.25, -0.2) is 0 Å². The molecule has 1 saturated heterocycles. The molecule has 2 aliphatic heterocycles. The summed E-state index contributed by atoms with van der Waals surface area (Å²) in [6.45, 7) is 2.20. The van der Waals surface area contributed by atoms with Gasteiger partial charge >= 0.3 is 5.97 Å². The number of hydrogen-bond acceptors (Lipinski definition) is 6. The second-order valence-corrected chi connectivity index (χ2v) is 9.77. The molecule has 0 bridgehead atoms. The van der Waals surface area contributed by atoms with E-state index in [9.17, 15) is 18.0 Å². The average molecular weight is 476 g/mol. The zero-order valence-corrected chi connectivity index (χ0v) is 19.1. The molecular formula is C25H21N3O5S. The number of para-hydroxylation sites is 2. The number of amides is 1. The van der Waals surface area contributed by atoms with Crippen LogP contribution >= 0.6 is 0 Å². The summed E-state index contributed by atoms with van der Waals surface area (Å²) in [7, 11) is -3.79. The fraction of sp³-hybridized carbons (Fsp3) is 0.160. The smallest absolute Gasteiger partial charge is 0.316 e. The Bertz CT molecular complexity index is 1430. The molecule has 1 unspecified atom stereocenters. The molecule has 0 saturated carbocycles. The van der Waals surface area contributed by atoms with E-state index in [2.05, 4.69) is 9.71 Å². The first-order valence-electron chi connectivity index (χ1n) is 10.7. The summed E-state index contributed by atoms with van der Waals surface area (Å²) in [6, 6.07) is 20.7. The SMILES string of the molecule is Cc1ccc(N2CC(C(=O)Oc3ccccc3NC3=NS(=O)(=O)c4ccccc43)CC2=O)cc1. The van der Waals surface area contributed by atoms with Crippen molar-refractivity contribution in [3.63, 3.8) is 0 Å². The third-order valence-electron chi connectivity index (χ3n) is 5.79. The number of fused-ring (bicyclic) bond motifs is 1. The number of sulfonamides is 1. The minimum absolute atomic E-state index is 0.0562. The van der Waals surface area contributed by atoms with Crippen molar-refractivity contribution < 1.29 is 22.7 Å². The molecule has 172 valence electrons. The number of aryl methyl sites for hydroxylation is 1. The number of carbonyl (C=O) groups excluding carboxylic acids is 2. The van der Waals surface area contributed by atoms with Crippen LogP contribution in [0.4, 0.5) is 11.4 Å². The molecule has 1 N–H and O–H groups in total. The zero-order valence-electron chi connectivity index (χ0n) is 18.3. The molecule has 0 aromatic heterocycles. The quantitative estimate of drug-likeness (QED) is 0.457. The van der Waals surface area contributed by atoms with Gasteiger partial charge in [0.15, 0.2) is 11.6 Å². The predicted molar refractivity (Wildman–Crippen MR) is 128 cm³/mol. The average Bonchev–Trinajstić information content (AvgIpc) is 3.33. The largest absolute Gasteiger partial charge is 0.424 e. The van der Waals surface area contributed by atoms with Gasteiger partial charge in [-0.3, -0.25) is 9.59 Å². The zero-order chi connectivity index (χ0) is 23.9. The highest BCUT2D eigenvalue weighted by Gasteiger charge is 2.37. The first kappa shape index (κ1) is 21.8. The van der Waals surface area contributed by atoms with Crippen LogP contribution in [-0.2, 0) is 19.6 Å². The van der Waals surface area contributed by atoms with Crippen molar-refractivity contribution in [2.75, 3.05) is 16.8 Å². The van der Waals surface area contributed by atoms with Crippen LogP contribution in [-0.4, -0.2) is 32.7 Å². The summed E-state index contributed by atoms with van der Waals surface area (Å²) in [6.07, 6.45) is 0.0562. The lowest BCUT2D eigenvalue weighted by Crippen LogP contribution is -2.27. The maximum Gasteiger partial charge on any atom is 0.316 e. The summed E-state index contributed by atoms with van der Waals surface area (Å²) in [5.74, 6) is -0.913. The Hall–Kier alpha value is -3.98. The number of nitrogens with zero attached hydrogens (tertiary/aromatic N) is 2. The maximum absolute atomic E-state index is 12.9. The number of carbonyl (C=O) groups is 2. The van der Waals surface area contributed by atoms with E-state index in [4.69, 9.17) is 4.74 Å². The van der Waals surface area contributed by atoms with Gasteiger partial charge < -0.3 is 15.0 Å². The van der Waals surface area contributed by atoms with Crippen LogP contribution in [0.15, 0.2) is 82.1 Å². The van der Waals surface area contributed by atoms with Crippen LogP contribution in [0.5, 0.6) is 5.75 Å². The van der Waals surface area contributed by atoms with E-state index in [1.807, 2.05) is 31.2 Å². The molecule has 9 heteroatoms. The standard InChI is InChI=1S/C25H21N3O5S/c1-16-10-12-18(13-11-16)28-15-17(14-23(28)29)25(30)33-21-8-4-3-7-20(21)26-24-19-6-2-5-9-22(19)34(31,32)27-24/h2-13,17H,14-15H2,1H3,(H,26,27). The molecule has 8 nitrogen and oxygen atoms in total. The molecule has 0 spiro atoms. The number of ether oxygens (including phenoxy) is 1. The Morgan fingerprint density at radius 2 is 1.74 bits per heavy atom. The summed E-state index contributed by atoms with van der Waals surface area (Å²) < 4.78 is 34.1. The Morgan fingerprint density at radius 1 is 1.03 bits per heavy atom. The number of esters is 1. The van der Waals surface area contributed by atoms with Crippen LogP contribution in [0.1, 0.15) is 17.5 Å². The number of anilines is 2. The van der Waals surface area contributed by atoms with Crippen molar-refractivity contribution in [1.29, 1.82) is 0 Å². The van der Waals surface area contributed by atoms with Crippen LogP contribution in [0.25, 0.3) is 0 Å². The first-order chi connectivity index (χ1) is 16.3. The molecule has 3 aromatic carbocycles. The molecule has 1 atom stereocenters. The van der Waals surface area contributed by atoms with E-state index in [0.717, 1.165) is 11.3 Å². The van der Waals surface area contributed by atoms with Crippen LogP contribution in [0, 0.1) is 12.8 Å². The minimum Gasteiger partial charge on any atom is -0.424 e. The first-order valence-corrected chi connectivity index (χ1v) is 12.1. The molecule has 5 rings (SSSR count). The molecule has 34 heavy (non-hydrogen) atoms. The van der Waals surface area contributed by atoms with Crippen LogP contribution < -0.4 is 15.0 Å². The van der Waals surface area contributed by atoms with Gasteiger partial charge in [-0.2, -0.15) is 8.42 Å². The highest BCUT2D eigenvalue weighted by molar-refractivity contribution is 7.90. The van der Waals surface area contributed by atoms with Crippen LogP contribution in [0.3, 0.4) is 0 Å². The van der Waals surface area contributed by atoms with Gasteiger partial charge in [-0.1, -0.05) is 42.0 Å². The second kappa shape index (κ2) is 8.42. The van der Waals surface area contributed by atoms with Crippen LogP contribution in [0.2, 0.25) is 0 Å².